The first-order valence-electron chi connectivity index (χ1n) is 10.5. The van der Waals surface area contributed by atoms with Gasteiger partial charge in [0, 0.05) is 37.5 Å². The summed E-state index contributed by atoms with van der Waals surface area (Å²) in [6.45, 7) is 5.11. The Labute approximate surface area is 186 Å². The molecular weight excluding hydrogens is 415 g/mol. The van der Waals surface area contributed by atoms with Crippen LogP contribution in [0.3, 0.4) is 0 Å². The lowest BCUT2D eigenvalue weighted by Gasteiger charge is -2.27. The van der Waals surface area contributed by atoms with Crippen LogP contribution in [0.4, 0.5) is 4.39 Å². The molecule has 0 unspecified atom stereocenters. The van der Waals surface area contributed by atoms with E-state index >= 15 is 0 Å². The van der Waals surface area contributed by atoms with Crippen molar-refractivity contribution in [2.45, 2.75) is 18.1 Å². The number of hydrogen-bond donors (Lipinski definition) is 0. The minimum atomic E-state index is -0.253. The minimum Gasteiger partial charge on any atom is -0.497 e. The van der Waals surface area contributed by atoms with E-state index in [-0.39, 0.29) is 5.82 Å². The molecule has 0 bridgehead atoms. The van der Waals surface area contributed by atoms with Gasteiger partial charge in [-0.25, -0.2) is 4.39 Å². The molecule has 0 saturated carbocycles. The summed E-state index contributed by atoms with van der Waals surface area (Å²) >= 11 is 1.70. The molecular formula is C23H27FN4O2S. The Hall–Kier alpha value is -2.42. The van der Waals surface area contributed by atoms with Gasteiger partial charge in [0.15, 0.2) is 11.0 Å². The number of aromatic nitrogens is 3. The van der Waals surface area contributed by atoms with E-state index in [4.69, 9.17) is 9.47 Å². The molecule has 3 aromatic rings. The van der Waals surface area contributed by atoms with Gasteiger partial charge in [0.1, 0.15) is 11.6 Å². The van der Waals surface area contributed by atoms with Gasteiger partial charge in [-0.15, -0.1) is 10.2 Å². The third-order valence-electron chi connectivity index (χ3n) is 5.34. The smallest absolute Gasteiger partial charge is 0.191 e. The van der Waals surface area contributed by atoms with Crippen molar-refractivity contribution < 1.29 is 13.9 Å². The van der Waals surface area contributed by atoms with Gasteiger partial charge in [-0.3, -0.25) is 4.90 Å². The zero-order chi connectivity index (χ0) is 21.5. The van der Waals surface area contributed by atoms with Crippen molar-refractivity contribution in [3.05, 3.63) is 59.9 Å². The molecule has 8 heteroatoms. The van der Waals surface area contributed by atoms with Crippen molar-refractivity contribution in [1.29, 1.82) is 0 Å². The van der Waals surface area contributed by atoms with Gasteiger partial charge in [0.25, 0.3) is 0 Å². The Morgan fingerprint density at radius 1 is 1.00 bits per heavy atom. The SMILES string of the molecule is COc1ccc(CCSc2nnc(-c3ccc(F)cc3)n2CCN2CCOCC2)cc1. The van der Waals surface area contributed by atoms with Crippen LogP contribution in [0.15, 0.2) is 53.7 Å². The zero-order valence-electron chi connectivity index (χ0n) is 17.7. The van der Waals surface area contributed by atoms with Crippen molar-refractivity contribution in [3.8, 4) is 17.1 Å². The first-order chi connectivity index (χ1) is 15.2. The van der Waals surface area contributed by atoms with Crippen LogP contribution in [0.1, 0.15) is 5.56 Å². The van der Waals surface area contributed by atoms with Gasteiger partial charge in [-0.1, -0.05) is 23.9 Å². The van der Waals surface area contributed by atoms with Crippen LogP contribution in [-0.2, 0) is 17.7 Å². The maximum atomic E-state index is 13.4. The zero-order valence-corrected chi connectivity index (χ0v) is 18.5. The molecule has 1 aliphatic heterocycles. The third-order valence-corrected chi connectivity index (χ3v) is 6.31. The minimum absolute atomic E-state index is 0.253. The molecule has 0 aliphatic carbocycles. The molecule has 0 N–H and O–H groups in total. The van der Waals surface area contributed by atoms with Crippen LogP contribution in [0.5, 0.6) is 5.75 Å². The third kappa shape index (κ3) is 5.84. The van der Waals surface area contributed by atoms with Crippen LogP contribution in [0.25, 0.3) is 11.4 Å². The van der Waals surface area contributed by atoms with Crippen molar-refractivity contribution in [1.82, 2.24) is 19.7 Å². The highest BCUT2D eigenvalue weighted by atomic mass is 32.2. The number of rotatable bonds is 9. The standard InChI is InChI=1S/C23H27FN4O2S/c1-29-21-8-2-18(3-9-21)10-17-31-23-26-25-22(19-4-6-20(24)7-5-19)28(23)12-11-27-13-15-30-16-14-27/h2-9H,10-17H2,1H3. The lowest BCUT2D eigenvalue weighted by molar-refractivity contribution is 0.0361. The van der Waals surface area contributed by atoms with Gasteiger partial charge in [-0.2, -0.15) is 0 Å². The van der Waals surface area contributed by atoms with E-state index in [1.165, 1.54) is 17.7 Å². The second-order valence-corrected chi connectivity index (χ2v) is 8.43. The Kier molecular flexibility index (Phi) is 7.56. The van der Waals surface area contributed by atoms with Crippen molar-refractivity contribution >= 4 is 11.8 Å². The highest BCUT2D eigenvalue weighted by molar-refractivity contribution is 7.99. The quantitative estimate of drug-likeness (QED) is 0.471. The van der Waals surface area contributed by atoms with Gasteiger partial charge in [-0.05, 0) is 48.4 Å². The molecule has 1 aliphatic rings. The molecule has 1 saturated heterocycles. The first kappa shape index (κ1) is 21.8. The summed E-state index contributed by atoms with van der Waals surface area (Å²) in [7, 11) is 1.67. The summed E-state index contributed by atoms with van der Waals surface area (Å²) in [5.41, 5.74) is 2.13. The van der Waals surface area contributed by atoms with E-state index in [2.05, 4.69) is 31.8 Å². The van der Waals surface area contributed by atoms with Crippen molar-refractivity contribution in [2.75, 3.05) is 45.7 Å². The Bertz CT molecular complexity index is 957. The molecule has 2 aromatic carbocycles. The van der Waals surface area contributed by atoms with Crippen LogP contribution in [0.2, 0.25) is 0 Å². The summed E-state index contributed by atoms with van der Waals surface area (Å²) in [6.07, 6.45) is 0.927. The number of nitrogens with zero attached hydrogens (tertiary/aromatic N) is 4. The highest BCUT2D eigenvalue weighted by Gasteiger charge is 2.17. The van der Waals surface area contributed by atoms with Gasteiger partial charge in [0.2, 0.25) is 0 Å². The fourth-order valence-electron chi connectivity index (χ4n) is 3.53. The molecule has 6 nitrogen and oxygen atoms in total. The molecule has 0 atom stereocenters. The number of aryl methyl sites for hydroxylation is 1. The van der Waals surface area contributed by atoms with E-state index in [1.54, 1.807) is 31.0 Å². The van der Waals surface area contributed by atoms with Crippen molar-refractivity contribution in [2.24, 2.45) is 0 Å². The van der Waals surface area contributed by atoms with Gasteiger partial charge < -0.3 is 14.0 Å². The van der Waals surface area contributed by atoms with Gasteiger partial charge >= 0.3 is 0 Å². The molecule has 2 heterocycles. The molecule has 0 spiro atoms. The number of thioether (sulfide) groups is 1. The van der Waals surface area contributed by atoms with E-state index in [9.17, 15) is 4.39 Å². The Balaban J connectivity index is 1.46. The van der Waals surface area contributed by atoms with Crippen LogP contribution in [-0.4, -0.2) is 65.4 Å². The summed E-state index contributed by atoms with van der Waals surface area (Å²) in [6, 6.07) is 14.6. The van der Waals surface area contributed by atoms with Gasteiger partial charge in [0.05, 0.1) is 20.3 Å². The maximum Gasteiger partial charge on any atom is 0.191 e. The average Bonchev–Trinajstić information content (AvgIpc) is 3.22. The average molecular weight is 443 g/mol. The molecule has 4 rings (SSSR count). The molecule has 164 valence electrons. The van der Waals surface area contributed by atoms with E-state index in [0.29, 0.717) is 0 Å². The van der Waals surface area contributed by atoms with Crippen LogP contribution < -0.4 is 4.74 Å². The molecule has 1 aromatic heterocycles. The second-order valence-electron chi connectivity index (χ2n) is 7.37. The highest BCUT2D eigenvalue weighted by Crippen LogP contribution is 2.25. The molecule has 0 radical (unpaired) electrons. The lowest BCUT2D eigenvalue weighted by Crippen LogP contribution is -2.38. The van der Waals surface area contributed by atoms with E-state index in [1.807, 2.05) is 12.1 Å². The maximum absolute atomic E-state index is 13.4. The predicted octanol–water partition coefficient (Wildman–Crippen LogP) is 3.76. The Morgan fingerprint density at radius 3 is 2.45 bits per heavy atom. The predicted molar refractivity (Wildman–Crippen MR) is 120 cm³/mol. The largest absolute Gasteiger partial charge is 0.497 e. The lowest BCUT2D eigenvalue weighted by atomic mass is 10.2. The Morgan fingerprint density at radius 2 is 1.74 bits per heavy atom. The number of halogens is 1. The van der Waals surface area contributed by atoms with Crippen LogP contribution >= 0.6 is 11.8 Å². The normalized spacial score (nSPS) is 14.6. The molecule has 1 fully saturated rings. The van der Waals surface area contributed by atoms with Crippen molar-refractivity contribution in [3.63, 3.8) is 0 Å². The molecule has 31 heavy (non-hydrogen) atoms. The number of morpholine rings is 1. The van der Waals surface area contributed by atoms with Crippen LogP contribution in [0, 0.1) is 5.82 Å². The number of ether oxygens (including phenoxy) is 2. The fraction of sp³-hybridized carbons (Fsp3) is 0.391. The first-order valence-corrected chi connectivity index (χ1v) is 11.5. The molecule has 0 amide bonds. The summed E-state index contributed by atoms with van der Waals surface area (Å²) < 4.78 is 26.2. The number of hydrogen-bond acceptors (Lipinski definition) is 6. The summed E-state index contributed by atoms with van der Waals surface area (Å²) in [5, 5.41) is 9.78. The second kappa shape index (κ2) is 10.7. The number of methoxy groups -OCH3 is 1. The van der Waals surface area contributed by atoms with E-state index < -0.39 is 0 Å². The summed E-state index contributed by atoms with van der Waals surface area (Å²) in [5.74, 6) is 2.28. The van der Waals surface area contributed by atoms with E-state index in [0.717, 1.165) is 73.9 Å². The summed E-state index contributed by atoms with van der Waals surface area (Å²) in [4.78, 5) is 2.39. The monoisotopic (exact) mass is 442 g/mol. The topological polar surface area (TPSA) is 52.4 Å². The fourth-order valence-corrected chi connectivity index (χ4v) is 4.48. The number of benzene rings is 2.